The Morgan fingerprint density at radius 2 is 0.477 bits per heavy atom. The van der Waals surface area contributed by atoms with Gasteiger partial charge in [-0.3, -0.25) is 0 Å². The predicted octanol–water partition coefficient (Wildman–Crippen LogP) is 12.6. The van der Waals surface area contributed by atoms with Crippen LogP contribution in [-0.4, -0.2) is 0 Å². The molecule has 0 saturated heterocycles. The second-order valence-electron chi connectivity index (χ2n) is 10.8. The van der Waals surface area contributed by atoms with Gasteiger partial charge in [-0.05, 0) is 93.0 Å². The third kappa shape index (κ3) is 5.99. The highest BCUT2D eigenvalue weighted by Gasteiger charge is 2.14. The normalized spacial score (nSPS) is 10.8. The molecule has 7 rings (SSSR count). The highest BCUT2D eigenvalue weighted by molar-refractivity contribution is 9.10. The van der Waals surface area contributed by atoms with Crippen LogP contribution in [0.4, 0.5) is 17.1 Å². The van der Waals surface area contributed by atoms with Gasteiger partial charge >= 0.3 is 0 Å². The van der Waals surface area contributed by atoms with Crippen LogP contribution < -0.4 is 4.90 Å². The summed E-state index contributed by atoms with van der Waals surface area (Å²) in [6.45, 7) is 0. The third-order valence-electron chi connectivity index (χ3n) is 7.99. The Labute approximate surface area is 267 Å². The van der Waals surface area contributed by atoms with Gasteiger partial charge in [0, 0.05) is 21.5 Å². The van der Waals surface area contributed by atoms with Gasteiger partial charge in [0.25, 0.3) is 0 Å². The summed E-state index contributed by atoms with van der Waals surface area (Å²) in [5.41, 5.74) is 13.0. The lowest BCUT2D eigenvalue weighted by molar-refractivity contribution is 1.28. The minimum absolute atomic E-state index is 1.09. The van der Waals surface area contributed by atoms with E-state index in [0.717, 1.165) is 21.5 Å². The van der Waals surface area contributed by atoms with E-state index in [2.05, 4.69) is 203 Å². The van der Waals surface area contributed by atoms with Gasteiger partial charge in [-0.2, -0.15) is 0 Å². The fourth-order valence-corrected chi connectivity index (χ4v) is 5.88. The highest BCUT2D eigenvalue weighted by Crippen LogP contribution is 2.38. The summed E-state index contributed by atoms with van der Waals surface area (Å²) in [5.74, 6) is 0. The second-order valence-corrected chi connectivity index (χ2v) is 11.7. The highest BCUT2D eigenvalue weighted by atomic mass is 79.9. The SMILES string of the molecule is Brc1ccc(-c2ccc(-c3ccc(N(c4ccc(-c5ccccc5)cc4)c4ccc(-c5ccccc5)cc4)cc3)cc2)cc1. The van der Waals surface area contributed by atoms with E-state index in [9.17, 15) is 0 Å². The molecule has 7 aromatic rings. The van der Waals surface area contributed by atoms with E-state index in [-0.39, 0.29) is 0 Å². The first kappa shape index (κ1) is 27.6. The van der Waals surface area contributed by atoms with E-state index >= 15 is 0 Å². The maximum atomic E-state index is 3.53. The van der Waals surface area contributed by atoms with Crippen molar-refractivity contribution in [1.82, 2.24) is 0 Å². The molecule has 2 heteroatoms. The summed E-state index contributed by atoms with van der Waals surface area (Å²) in [4.78, 5) is 2.32. The molecule has 0 unspecified atom stereocenters. The Morgan fingerprint density at radius 1 is 0.250 bits per heavy atom. The van der Waals surface area contributed by atoms with Gasteiger partial charge in [0.1, 0.15) is 0 Å². The van der Waals surface area contributed by atoms with E-state index in [1.165, 1.54) is 44.5 Å². The van der Waals surface area contributed by atoms with Gasteiger partial charge in [0.2, 0.25) is 0 Å². The molecule has 0 aliphatic rings. The lowest BCUT2D eigenvalue weighted by Gasteiger charge is -2.26. The van der Waals surface area contributed by atoms with Crippen LogP contribution >= 0.6 is 15.9 Å². The smallest absolute Gasteiger partial charge is 0.0462 e. The standard InChI is InChI=1S/C42H30BrN/c43-39-23-15-35(16-24-39)33-11-13-34(14-12-33)38-21-29-42(30-22-38)44(40-25-17-36(18-26-40)31-7-3-1-4-8-31)41-27-19-37(20-28-41)32-9-5-2-6-10-32/h1-30H. The molecule has 0 aliphatic carbocycles. The average Bonchev–Trinajstić information content (AvgIpc) is 3.11. The second kappa shape index (κ2) is 12.6. The summed E-state index contributed by atoms with van der Waals surface area (Å²) in [6.07, 6.45) is 0. The molecule has 0 amide bonds. The maximum absolute atomic E-state index is 3.53. The summed E-state index contributed by atoms with van der Waals surface area (Å²) < 4.78 is 1.09. The first-order valence-corrected chi connectivity index (χ1v) is 15.6. The zero-order chi connectivity index (χ0) is 29.7. The molecule has 44 heavy (non-hydrogen) atoms. The minimum atomic E-state index is 1.09. The number of hydrogen-bond acceptors (Lipinski definition) is 1. The van der Waals surface area contributed by atoms with Gasteiger partial charge in [-0.1, -0.05) is 149 Å². The van der Waals surface area contributed by atoms with Crippen molar-refractivity contribution in [2.75, 3.05) is 4.90 Å². The molecule has 0 bridgehead atoms. The first-order chi connectivity index (χ1) is 21.7. The molecule has 7 aromatic carbocycles. The van der Waals surface area contributed by atoms with Crippen LogP contribution in [0.2, 0.25) is 0 Å². The summed E-state index contributed by atoms with van der Waals surface area (Å²) >= 11 is 3.53. The van der Waals surface area contributed by atoms with Crippen molar-refractivity contribution < 1.29 is 0 Å². The van der Waals surface area contributed by atoms with Crippen LogP contribution in [-0.2, 0) is 0 Å². The molecule has 0 atom stereocenters. The summed E-state index contributed by atoms with van der Waals surface area (Å²) in [5, 5.41) is 0. The number of hydrogen-bond donors (Lipinski definition) is 0. The monoisotopic (exact) mass is 627 g/mol. The van der Waals surface area contributed by atoms with Gasteiger partial charge in [-0.25, -0.2) is 0 Å². The Hall–Kier alpha value is -5.18. The Balaban J connectivity index is 1.21. The molecule has 0 spiro atoms. The van der Waals surface area contributed by atoms with Crippen LogP contribution in [0.1, 0.15) is 0 Å². The van der Waals surface area contributed by atoms with Crippen molar-refractivity contribution >= 4 is 33.0 Å². The van der Waals surface area contributed by atoms with Crippen LogP contribution in [0.25, 0.3) is 44.5 Å². The Morgan fingerprint density at radius 3 is 0.773 bits per heavy atom. The fraction of sp³-hybridized carbons (Fsp3) is 0. The first-order valence-electron chi connectivity index (χ1n) is 14.8. The Kier molecular flexibility index (Phi) is 7.91. The molecule has 0 radical (unpaired) electrons. The Bertz CT molecular complexity index is 1860. The van der Waals surface area contributed by atoms with Crippen molar-refractivity contribution in [3.63, 3.8) is 0 Å². The van der Waals surface area contributed by atoms with Crippen LogP contribution in [0.3, 0.4) is 0 Å². The van der Waals surface area contributed by atoms with E-state index in [4.69, 9.17) is 0 Å². The topological polar surface area (TPSA) is 3.24 Å². The quantitative estimate of drug-likeness (QED) is 0.170. The molecule has 0 saturated carbocycles. The summed E-state index contributed by atoms with van der Waals surface area (Å²) in [7, 11) is 0. The summed E-state index contributed by atoms with van der Waals surface area (Å²) in [6, 6.07) is 64.8. The lowest BCUT2D eigenvalue weighted by Crippen LogP contribution is -2.09. The molecule has 0 aliphatic heterocycles. The van der Waals surface area contributed by atoms with Crippen molar-refractivity contribution in [2.24, 2.45) is 0 Å². The number of anilines is 3. The maximum Gasteiger partial charge on any atom is 0.0462 e. The van der Waals surface area contributed by atoms with Crippen LogP contribution in [0.15, 0.2) is 186 Å². The zero-order valence-corrected chi connectivity index (χ0v) is 25.7. The average molecular weight is 629 g/mol. The molecular weight excluding hydrogens is 598 g/mol. The molecule has 1 nitrogen and oxygen atoms in total. The van der Waals surface area contributed by atoms with Crippen molar-refractivity contribution in [3.8, 4) is 44.5 Å². The predicted molar refractivity (Wildman–Crippen MR) is 191 cm³/mol. The molecule has 210 valence electrons. The van der Waals surface area contributed by atoms with E-state index in [1.54, 1.807) is 0 Å². The van der Waals surface area contributed by atoms with Crippen LogP contribution in [0.5, 0.6) is 0 Å². The number of halogens is 1. The number of nitrogens with zero attached hydrogens (tertiary/aromatic N) is 1. The number of rotatable bonds is 7. The van der Waals surface area contributed by atoms with E-state index < -0.39 is 0 Å². The van der Waals surface area contributed by atoms with Gasteiger partial charge < -0.3 is 4.90 Å². The van der Waals surface area contributed by atoms with Crippen molar-refractivity contribution in [3.05, 3.63) is 186 Å². The van der Waals surface area contributed by atoms with Gasteiger partial charge in [0.15, 0.2) is 0 Å². The van der Waals surface area contributed by atoms with E-state index in [1.807, 2.05) is 0 Å². The largest absolute Gasteiger partial charge is 0.311 e. The minimum Gasteiger partial charge on any atom is -0.311 e. The van der Waals surface area contributed by atoms with Gasteiger partial charge in [0.05, 0.1) is 0 Å². The fourth-order valence-electron chi connectivity index (χ4n) is 5.61. The van der Waals surface area contributed by atoms with Crippen LogP contribution in [0, 0.1) is 0 Å². The lowest BCUT2D eigenvalue weighted by atomic mass is 10.00. The van der Waals surface area contributed by atoms with Gasteiger partial charge in [-0.15, -0.1) is 0 Å². The van der Waals surface area contributed by atoms with E-state index in [0.29, 0.717) is 0 Å². The third-order valence-corrected chi connectivity index (χ3v) is 8.52. The zero-order valence-electron chi connectivity index (χ0n) is 24.1. The van der Waals surface area contributed by atoms with Crippen molar-refractivity contribution in [1.29, 1.82) is 0 Å². The van der Waals surface area contributed by atoms with Crippen molar-refractivity contribution in [2.45, 2.75) is 0 Å². The molecule has 0 N–H and O–H groups in total. The molecule has 0 heterocycles. The molecule has 0 aromatic heterocycles. The molecule has 0 fully saturated rings. The molecular formula is C42H30BrN. The number of benzene rings is 7.